The molecule has 1 atom stereocenters. The molecule has 1 fully saturated rings. The molecule has 0 aliphatic heterocycles. The van der Waals surface area contributed by atoms with Crippen LogP contribution in [0.5, 0.6) is 0 Å². The molecular weight excluding hydrogens is 402 g/mol. The van der Waals surface area contributed by atoms with Gasteiger partial charge in [0.1, 0.15) is 0 Å². The van der Waals surface area contributed by atoms with Crippen molar-refractivity contribution in [3.05, 3.63) is 19.2 Å². The summed E-state index contributed by atoms with van der Waals surface area (Å²) in [5.74, 6) is 0.827. The molecule has 0 radical (unpaired) electrons. The first-order valence-corrected chi connectivity index (χ1v) is 9.75. The molecule has 5 heteroatoms. The Kier molecular flexibility index (Phi) is 6.12. The first kappa shape index (κ1) is 16.9. The van der Waals surface area contributed by atoms with Crippen LogP contribution in [-0.4, -0.2) is 11.7 Å². The van der Waals surface area contributed by atoms with E-state index in [9.17, 15) is 5.11 Å². The fourth-order valence-electron chi connectivity index (χ4n) is 3.34. The zero-order valence-corrected chi connectivity index (χ0v) is 15.9. The Balaban J connectivity index is 2.11. The highest BCUT2D eigenvalue weighted by Gasteiger charge is 2.41. The third-order valence-electron chi connectivity index (χ3n) is 4.72. The normalized spacial score (nSPS) is 28.6. The van der Waals surface area contributed by atoms with Crippen LogP contribution in [-0.2, 0) is 0 Å². The van der Waals surface area contributed by atoms with Gasteiger partial charge < -0.3 is 10.8 Å². The number of halogens is 2. The molecule has 1 unspecified atom stereocenters. The minimum Gasteiger partial charge on any atom is -0.387 e. The van der Waals surface area contributed by atoms with Gasteiger partial charge in [-0.25, -0.2) is 0 Å². The SMILES string of the molecule is CCCC1CCC(CN)(C(O)c2cc(Br)c(Br)s2)CC1. The quantitative estimate of drug-likeness (QED) is 0.678. The van der Waals surface area contributed by atoms with Crippen LogP contribution in [0, 0.1) is 11.3 Å². The highest BCUT2D eigenvalue weighted by atomic mass is 79.9. The number of hydrogen-bond acceptors (Lipinski definition) is 3. The van der Waals surface area contributed by atoms with E-state index in [2.05, 4.69) is 38.8 Å². The molecule has 1 aromatic rings. The smallest absolute Gasteiger partial charge is 0.0950 e. The lowest BCUT2D eigenvalue weighted by molar-refractivity contribution is -0.00861. The number of thiophene rings is 1. The van der Waals surface area contributed by atoms with Crippen LogP contribution >= 0.6 is 43.2 Å². The van der Waals surface area contributed by atoms with E-state index in [0.717, 1.165) is 31.9 Å². The van der Waals surface area contributed by atoms with E-state index < -0.39 is 6.10 Å². The van der Waals surface area contributed by atoms with Gasteiger partial charge in [-0.1, -0.05) is 19.8 Å². The summed E-state index contributed by atoms with van der Waals surface area (Å²) in [6.07, 6.45) is 6.62. The monoisotopic (exact) mass is 423 g/mol. The van der Waals surface area contributed by atoms with Crippen molar-refractivity contribution in [3.63, 3.8) is 0 Å². The Labute approximate surface area is 142 Å². The maximum absolute atomic E-state index is 10.8. The predicted molar refractivity (Wildman–Crippen MR) is 93.0 cm³/mol. The van der Waals surface area contributed by atoms with Gasteiger partial charge in [-0.05, 0) is 69.5 Å². The lowest BCUT2D eigenvalue weighted by Gasteiger charge is -2.42. The van der Waals surface area contributed by atoms with E-state index >= 15 is 0 Å². The van der Waals surface area contributed by atoms with Crippen molar-refractivity contribution in [1.82, 2.24) is 0 Å². The summed E-state index contributed by atoms with van der Waals surface area (Å²) in [6, 6.07) is 2.02. The average molecular weight is 425 g/mol. The predicted octanol–water partition coefficient (Wildman–Crippen LogP) is 5.24. The minimum atomic E-state index is -0.442. The second-order valence-corrected chi connectivity index (χ2v) is 9.23. The molecule has 1 aliphatic rings. The van der Waals surface area contributed by atoms with E-state index in [-0.39, 0.29) is 5.41 Å². The van der Waals surface area contributed by atoms with Gasteiger partial charge in [-0.3, -0.25) is 0 Å². The molecule has 0 aromatic carbocycles. The van der Waals surface area contributed by atoms with Crippen molar-refractivity contribution in [2.24, 2.45) is 17.1 Å². The lowest BCUT2D eigenvalue weighted by Crippen LogP contribution is -2.40. The first-order chi connectivity index (χ1) is 9.52. The van der Waals surface area contributed by atoms with Gasteiger partial charge in [0.2, 0.25) is 0 Å². The zero-order valence-electron chi connectivity index (χ0n) is 11.9. The Morgan fingerprint density at radius 3 is 2.55 bits per heavy atom. The summed E-state index contributed by atoms with van der Waals surface area (Å²) in [7, 11) is 0. The van der Waals surface area contributed by atoms with Crippen LogP contribution in [0.15, 0.2) is 14.3 Å². The summed E-state index contributed by atoms with van der Waals surface area (Å²) < 4.78 is 2.06. The fraction of sp³-hybridized carbons (Fsp3) is 0.733. The summed E-state index contributed by atoms with van der Waals surface area (Å²) in [5, 5.41) is 10.8. The van der Waals surface area contributed by atoms with E-state index in [1.165, 1.54) is 25.7 Å². The first-order valence-electron chi connectivity index (χ1n) is 7.35. The van der Waals surface area contributed by atoms with Crippen LogP contribution in [0.2, 0.25) is 0 Å². The molecule has 2 nitrogen and oxygen atoms in total. The number of rotatable bonds is 5. The van der Waals surface area contributed by atoms with Crippen molar-refractivity contribution in [2.75, 3.05) is 6.54 Å². The molecule has 0 bridgehead atoms. The molecule has 1 heterocycles. The van der Waals surface area contributed by atoms with Crippen LogP contribution in [0.1, 0.15) is 56.4 Å². The van der Waals surface area contributed by atoms with E-state index in [1.54, 1.807) is 11.3 Å². The Hall–Kier alpha value is 0.580. The number of aliphatic hydroxyl groups is 1. The summed E-state index contributed by atoms with van der Waals surface area (Å²) in [6.45, 7) is 2.82. The minimum absolute atomic E-state index is 0.131. The van der Waals surface area contributed by atoms with Crippen LogP contribution in [0.4, 0.5) is 0 Å². The van der Waals surface area contributed by atoms with Crippen molar-refractivity contribution >= 4 is 43.2 Å². The molecule has 20 heavy (non-hydrogen) atoms. The summed E-state index contributed by atoms with van der Waals surface area (Å²) in [4.78, 5) is 1.02. The number of hydrogen-bond donors (Lipinski definition) is 2. The van der Waals surface area contributed by atoms with Gasteiger partial charge in [0.25, 0.3) is 0 Å². The average Bonchev–Trinajstić information content (AvgIpc) is 2.79. The molecule has 114 valence electrons. The van der Waals surface area contributed by atoms with Gasteiger partial charge in [0, 0.05) is 21.3 Å². The van der Waals surface area contributed by atoms with Crippen molar-refractivity contribution in [1.29, 1.82) is 0 Å². The topological polar surface area (TPSA) is 46.2 Å². The second-order valence-electron chi connectivity index (χ2n) is 5.97. The van der Waals surface area contributed by atoms with E-state index in [1.807, 2.05) is 6.07 Å². The van der Waals surface area contributed by atoms with Gasteiger partial charge in [0.15, 0.2) is 0 Å². The number of aliphatic hydroxyl groups excluding tert-OH is 1. The zero-order chi connectivity index (χ0) is 14.8. The Morgan fingerprint density at radius 2 is 2.10 bits per heavy atom. The number of nitrogens with two attached hydrogens (primary N) is 1. The maximum Gasteiger partial charge on any atom is 0.0950 e. The molecule has 1 aromatic heterocycles. The van der Waals surface area contributed by atoms with Crippen molar-refractivity contribution in [2.45, 2.75) is 51.6 Å². The van der Waals surface area contributed by atoms with Gasteiger partial charge in [0.05, 0.1) is 9.89 Å². The van der Waals surface area contributed by atoms with Crippen LogP contribution < -0.4 is 5.73 Å². The Morgan fingerprint density at radius 1 is 1.45 bits per heavy atom. The molecule has 0 spiro atoms. The molecule has 1 saturated carbocycles. The lowest BCUT2D eigenvalue weighted by atomic mass is 9.66. The molecular formula is C15H23Br2NOS. The highest BCUT2D eigenvalue weighted by Crippen LogP contribution is 2.50. The highest BCUT2D eigenvalue weighted by molar-refractivity contribution is 9.13. The fourth-order valence-corrected chi connectivity index (χ4v) is 5.56. The van der Waals surface area contributed by atoms with Crippen molar-refractivity contribution in [3.8, 4) is 0 Å². The third kappa shape index (κ3) is 3.49. The largest absolute Gasteiger partial charge is 0.387 e. The molecule has 2 rings (SSSR count). The standard InChI is InChI=1S/C15H23Br2NOS/c1-2-3-10-4-6-15(9-18,7-5-10)13(19)12-8-11(16)14(17)20-12/h8,10,13,19H,2-7,9,18H2,1H3. The van der Waals surface area contributed by atoms with Gasteiger partial charge >= 0.3 is 0 Å². The van der Waals surface area contributed by atoms with Crippen LogP contribution in [0.25, 0.3) is 0 Å². The van der Waals surface area contributed by atoms with E-state index in [0.29, 0.717) is 6.54 Å². The molecule has 0 saturated heterocycles. The van der Waals surface area contributed by atoms with Gasteiger partial charge in [-0.15, -0.1) is 11.3 Å². The molecule has 3 N–H and O–H groups in total. The van der Waals surface area contributed by atoms with E-state index in [4.69, 9.17) is 5.73 Å². The second kappa shape index (κ2) is 7.23. The van der Waals surface area contributed by atoms with Gasteiger partial charge in [-0.2, -0.15) is 0 Å². The summed E-state index contributed by atoms with van der Waals surface area (Å²) in [5.41, 5.74) is 5.93. The maximum atomic E-state index is 10.8. The van der Waals surface area contributed by atoms with Crippen molar-refractivity contribution < 1.29 is 5.11 Å². The molecule has 0 amide bonds. The Bertz CT molecular complexity index is 422. The third-order valence-corrected chi connectivity index (χ3v) is 8.03. The van der Waals surface area contributed by atoms with Crippen LogP contribution in [0.3, 0.4) is 0 Å². The molecule has 1 aliphatic carbocycles. The summed E-state index contributed by atoms with van der Waals surface area (Å²) >= 11 is 8.61.